The molecule has 0 amide bonds. The number of rotatable bonds is 2. The molecule has 0 saturated heterocycles. The van der Waals surface area contributed by atoms with Gasteiger partial charge in [-0.25, -0.2) is 9.97 Å². The average Bonchev–Trinajstić information content (AvgIpc) is 3.00. The van der Waals surface area contributed by atoms with E-state index in [1.165, 1.54) is 0 Å². The second kappa shape index (κ2) is 4.82. The minimum atomic E-state index is 0.686. The van der Waals surface area contributed by atoms with Crippen LogP contribution < -0.4 is 0 Å². The van der Waals surface area contributed by atoms with Crippen LogP contribution in [-0.2, 0) is 0 Å². The summed E-state index contributed by atoms with van der Waals surface area (Å²) < 4.78 is 1.81. The van der Waals surface area contributed by atoms with E-state index in [2.05, 4.69) is 15.1 Å². The summed E-state index contributed by atoms with van der Waals surface area (Å²) in [6.07, 6.45) is 5.48. The summed E-state index contributed by atoms with van der Waals surface area (Å²) in [6, 6.07) is 11.8. The first-order valence-corrected chi connectivity index (χ1v) is 7.69. The van der Waals surface area contributed by atoms with Crippen LogP contribution in [0.5, 0.6) is 0 Å². The lowest BCUT2D eigenvalue weighted by atomic mass is 10.2. The van der Waals surface area contributed by atoms with Gasteiger partial charge in [0.2, 0.25) is 0 Å². The Morgan fingerprint density at radius 3 is 2.62 bits per heavy atom. The molecule has 0 bridgehead atoms. The second-order valence-corrected chi connectivity index (χ2v) is 5.30. The molecule has 0 spiro atoms. The molecule has 0 radical (unpaired) electrons. The zero-order valence-corrected chi connectivity index (χ0v) is 12.1. The van der Waals surface area contributed by atoms with E-state index in [0.29, 0.717) is 5.82 Å². The van der Waals surface area contributed by atoms with E-state index in [1.54, 1.807) is 24.2 Å². The van der Waals surface area contributed by atoms with E-state index >= 15 is 0 Å². The number of hydrogen-bond acceptors (Lipinski definition) is 5. The lowest BCUT2D eigenvalue weighted by Crippen LogP contribution is -1.97. The normalized spacial score (nSPS) is 11.3. The third kappa shape index (κ3) is 1.95. The van der Waals surface area contributed by atoms with Crippen molar-refractivity contribution >= 4 is 28.3 Å². The van der Waals surface area contributed by atoms with Gasteiger partial charge in [0.15, 0.2) is 16.6 Å². The Morgan fingerprint density at radius 2 is 1.81 bits per heavy atom. The average molecular weight is 293 g/mol. The maximum atomic E-state index is 4.69. The van der Waals surface area contributed by atoms with Crippen LogP contribution in [0.2, 0.25) is 0 Å². The van der Waals surface area contributed by atoms with Gasteiger partial charge in [0.05, 0.1) is 5.52 Å². The highest BCUT2D eigenvalue weighted by molar-refractivity contribution is 7.98. The van der Waals surface area contributed by atoms with Crippen molar-refractivity contribution in [3.8, 4) is 11.4 Å². The number of aromatic nitrogens is 5. The van der Waals surface area contributed by atoms with E-state index < -0.39 is 0 Å². The summed E-state index contributed by atoms with van der Waals surface area (Å²) in [4.78, 5) is 13.4. The molecule has 0 unspecified atom stereocenters. The SMILES string of the molecule is CSc1nc2ccccc2c2nc(-c3ccncc3)nn12. The predicted octanol–water partition coefficient (Wildman–Crippen LogP) is 3.06. The fourth-order valence-corrected chi connectivity index (χ4v) is 2.78. The standard InChI is InChI=1S/C15H11N5S/c1-21-15-17-12-5-3-2-4-11(12)14-18-13(19-20(14)15)10-6-8-16-9-7-10/h2-9H,1H3. The van der Waals surface area contributed by atoms with Gasteiger partial charge in [-0.1, -0.05) is 23.9 Å². The van der Waals surface area contributed by atoms with Gasteiger partial charge in [-0.05, 0) is 30.5 Å². The smallest absolute Gasteiger partial charge is 0.191 e. The van der Waals surface area contributed by atoms with Crippen molar-refractivity contribution in [3.05, 3.63) is 48.8 Å². The van der Waals surface area contributed by atoms with Crippen LogP contribution in [0.15, 0.2) is 53.9 Å². The molecular weight excluding hydrogens is 282 g/mol. The summed E-state index contributed by atoms with van der Waals surface area (Å²) in [5, 5.41) is 6.43. The molecule has 102 valence electrons. The first kappa shape index (κ1) is 12.3. The third-order valence-electron chi connectivity index (χ3n) is 3.27. The molecule has 0 aliphatic rings. The van der Waals surface area contributed by atoms with Crippen molar-refractivity contribution in [1.29, 1.82) is 0 Å². The van der Waals surface area contributed by atoms with Gasteiger partial charge in [-0.3, -0.25) is 4.98 Å². The summed E-state index contributed by atoms with van der Waals surface area (Å²) in [5.41, 5.74) is 2.71. The lowest BCUT2D eigenvalue weighted by Gasteiger charge is -2.02. The highest BCUT2D eigenvalue weighted by Gasteiger charge is 2.13. The van der Waals surface area contributed by atoms with Crippen molar-refractivity contribution in [3.63, 3.8) is 0 Å². The van der Waals surface area contributed by atoms with Crippen molar-refractivity contribution < 1.29 is 0 Å². The van der Waals surface area contributed by atoms with E-state index in [9.17, 15) is 0 Å². The van der Waals surface area contributed by atoms with Crippen LogP contribution in [0.4, 0.5) is 0 Å². The van der Waals surface area contributed by atoms with E-state index in [-0.39, 0.29) is 0 Å². The number of pyridine rings is 1. The van der Waals surface area contributed by atoms with E-state index in [1.807, 2.05) is 47.2 Å². The van der Waals surface area contributed by atoms with Crippen molar-refractivity contribution in [2.75, 3.05) is 6.26 Å². The Morgan fingerprint density at radius 1 is 1.00 bits per heavy atom. The third-order valence-corrected chi connectivity index (χ3v) is 3.90. The molecule has 4 aromatic rings. The predicted molar refractivity (Wildman–Crippen MR) is 83.3 cm³/mol. The van der Waals surface area contributed by atoms with Gasteiger partial charge in [-0.15, -0.1) is 5.10 Å². The highest BCUT2D eigenvalue weighted by atomic mass is 32.2. The molecule has 1 aromatic carbocycles. The quantitative estimate of drug-likeness (QED) is 0.420. The molecule has 21 heavy (non-hydrogen) atoms. The van der Waals surface area contributed by atoms with Crippen molar-refractivity contribution in [1.82, 2.24) is 24.6 Å². The monoisotopic (exact) mass is 293 g/mol. The summed E-state index contributed by atoms with van der Waals surface area (Å²) in [6.45, 7) is 0. The highest BCUT2D eigenvalue weighted by Crippen LogP contribution is 2.24. The summed E-state index contributed by atoms with van der Waals surface area (Å²) in [7, 11) is 0. The first-order chi connectivity index (χ1) is 10.4. The maximum absolute atomic E-state index is 4.69. The molecule has 0 aliphatic heterocycles. The minimum absolute atomic E-state index is 0.686. The van der Waals surface area contributed by atoms with Gasteiger partial charge < -0.3 is 0 Å². The zero-order valence-electron chi connectivity index (χ0n) is 11.3. The Bertz CT molecular complexity index is 933. The first-order valence-electron chi connectivity index (χ1n) is 6.47. The Balaban J connectivity index is 2.08. The van der Waals surface area contributed by atoms with Crippen LogP contribution in [0.1, 0.15) is 0 Å². The van der Waals surface area contributed by atoms with Crippen LogP contribution in [0.25, 0.3) is 27.9 Å². The summed E-state index contributed by atoms with van der Waals surface area (Å²) in [5.74, 6) is 0.686. The molecule has 3 aromatic heterocycles. The van der Waals surface area contributed by atoms with Gasteiger partial charge in [-0.2, -0.15) is 4.52 Å². The molecule has 0 aliphatic carbocycles. The van der Waals surface area contributed by atoms with Gasteiger partial charge in [0.25, 0.3) is 0 Å². The van der Waals surface area contributed by atoms with Crippen LogP contribution >= 0.6 is 11.8 Å². The summed E-state index contributed by atoms with van der Waals surface area (Å²) >= 11 is 1.56. The van der Waals surface area contributed by atoms with E-state index in [0.717, 1.165) is 27.3 Å². The van der Waals surface area contributed by atoms with Gasteiger partial charge in [0, 0.05) is 23.3 Å². The fraction of sp³-hybridized carbons (Fsp3) is 0.0667. The molecule has 0 fully saturated rings. The van der Waals surface area contributed by atoms with Crippen LogP contribution in [0, 0.1) is 0 Å². The second-order valence-electron chi connectivity index (χ2n) is 4.52. The molecule has 0 atom stereocenters. The molecule has 5 nitrogen and oxygen atoms in total. The zero-order chi connectivity index (χ0) is 14.2. The number of nitrogens with zero attached hydrogens (tertiary/aromatic N) is 5. The molecule has 6 heteroatoms. The van der Waals surface area contributed by atoms with Gasteiger partial charge in [0.1, 0.15) is 0 Å². The Hall–Kier alpha value is -2.47. The van der Waals surface area contributed by atoms with E-state index in [4.69, 9.17) is 4.98 Å². The van der Waals surface area contributed by atoms with Crippen LogP contribution in [0.3, 0.4) is 0 Å². The topological polar surface area (TPSA) is 56.0 Å². The Labute approximate surface area is 125 Å². The molecular formula is C15H11N5S. The number of hydrogen-bond donors (Lipinski definition) is 0. The number of benzene rings is 1. The van der Waals surface area contributed by atoms with Crippen molar-refractivity contribution in [2.45, 2.75) is 5.16 Å². The van der Waals surface area contributed by atoms with Gasteiger partial charge >= 0.3 is 0 Å². The Kier molecular flexibility index (Phi) is 2.82. The maximum Gasteiger partial charge on any atom is 0.191 e. The minimum Gasteiger partial charge on any atom is -0.265 e. The number of para-hydroxylation sites is 1. The number of fused-ring (bicyclic) bond motifs is 3. The molecule has 4 rings (SSSR count). The molecule has 0 saturated carbocycles. The largest absolute Gasteiger partial charge is 0.265 e. The van der Waals surface area contributed by atoms with Crippen molar-refractivity contribution in [2.24, 2.45) is 0 Å². The van der Waals surface area contributed by atoms with Crippen LogP contribution in [-0.4, -0.2) is 30.8 Å². The number of thioether (sulfide) groups is 1. The lowest BCUT2D eigenvalue weighted by molar-refractivity contribution is 0.813. The fourth-order valence-electron chi connectivity index (χ4n) is 2.29. The molecule has 3 heterocycles. The molecule has 0 N–H and O–H groups in total.